The number of aromatic nitrogens is 1. The van der Waals surface area contributed by atoms with Gasteiger partial charge in [0, 0.05) is 24.7 Å². The Morgan fingerprint density at radius 2 is 2.20 bits per heavy atom. The molecule has 1 aromatic carbocycles. The van der Waals surface area contributed by atoms with Crippen LogP contribution in [0.3, 0.4) is 0 Å². The van der Waals surface area contributed by atoms with Crippen LogP contribution in [-0.2, 0) is 6.54 Å². The largest absolute Gasteiger partial charge is 0.395 e. The molecule has 2 aromatic rings. The number of benzene rings is 1. The molecule has 0 atom stereocenters. The van der Waals surface area contributed by atoms with Crippen LogP contribution in [-0.4, -0.2) is 22.6 Å². The van der Waals surface area contributed by atoms with Gasteiger partial charge in [-0.25, -0.2) is 0 Å². The number of carbonyl (C=O) groups excluding carboxylic acids is 1. The summed E-state index contributed by atoms with van der Waals surface area (Å²) in [7, 11) is 0. The molecular formula is C16H16N2O2. The lowest BCUT2D eigenvalue weighted by atomic mass is 10.1. The molecule has 20 heavy (non-hydrogen) atoms. The highest BCUT2D eigenvalue weighted by Crippen LogP contribution is 2.04. The minimum Gasteiger partial charge on any atom is -0.395 e. The Bertz CT molecular complexity index is 621. The van der Waals surface area contributed by atoms with Crippen molar-refractivity contribution in [1.82, 2.24) is 10.3 Å². The Morgan fingerprint density at radius 1 is 1.30 bits per heavy atom. The first-order valence-electron chi connectivity index (χ1n) is 6.40. The molecule has 0 aliphatic carbocycles. The van der Waals surface area contributed by atoms with Gasteiger partial charge in [-0.05, 0) is 29.8 Å². The summed E-state index contributed by atoms with van der Waals surface area (Å²) in [4.78, 5) is 14.6. The summed E-state index contributed by atoms with van der Waals surface area (Å²) >= 11 is 0. The van der Waals surface area contributed by atoms with Crippen LogP contribution in [0.4, 0.5) is 0 Å². The van der Waals surface area contributed by atoms with E-state index in [-0.39, 0.29) is 12.5 Å². The number of rotatable bonds is 4. The zero-order valence-corrected chi connectivity index (χ0v) is 11.0. The van der Waals surface area contributed by atoms with Crippen molar-refractivity contribution in [1.29, 1.82) is 0 Å². The van der Waals surface area contributed by atoms with Crippen LogP contribution in [0.2, 0.25) is 0 Å². The van der Waals surface area contributed by atoms with E-state index in [0.29, 0.717) is 18.7 Å². The van der Waals surface area contributed by atoms with Crippen LogP contribution >= 0.6 is 0 Å². The van der Waals surface area contributed by atoms with Crippen molar-refractivity contribution in [3.63, 3.8) is 0 Å². The monoisotopic (exact) mass is 268 g/mol. The fraction of sp³-hybridized carbons (Fsp3) is 0.188. The van der Waals surface area contributed by atoms with Gasteiger partial charge in [-0.15, -0.1) is 0 Å². The van der Waals surface area contributed by atoms with Gasteiger partial charge in [-0.2, -0.15) is 0 Å². The number of aromatic amines is 1. The van der Waals surface area contributed by atoms with Gasteiger partial charge in [0.15, 0.2) is 0 Å². The van der Waals surface area contributed by atoms with Crippen LogP contribution in [0, 0.1) is 11.8 Å². The second-order valence-corrected chi connectivity index (χ2v) is 4.24. The molecule has 3 N–H and O–H groups in total. The second-order valence-electron chi connectivity index (χ2n) is 4.24. The Kier molecular flexibility index (Phi) is 4.99. The predicted molar refractivity (Wildman–Crippen MR) is 77.0 cm³/mol. The van der Waals surface area contributed by atoms with E-state index in [1.54, 1.807) is 18.3 Å². The topological polar surface area (TPSA) is 65.1 Å². The van der Waals surface area contributed by atoms with Crippen molar-refractivity contribution in [3.8, 4) is 11.8 Å². The van der Waals surface area contributed by atoms with Gasteiger partial charge in [0.25, 0.3) is 5.91 Å². The van der Waals surface area contributed by atoms with Crippen LogP contribution in [0.25, 0.3) is 0 Å². The van der Waals surface area contributed by atoms with Crippen molar-refractivity contribution in [2.75, 3.05) is 6.61 Å². The third-order valence-electron chi connectivity index (χ3n) is 2.69. The summed E-state index contributed by atoms with van der Waals surface area (Å²) in [5, 5.41) is 11.5. The maximum Gasteiger partial charge on any atom is 0.267 e. The molecule has 0 saturated carbocycles. The summed E-state index contributed by atoms with van der Waals surface area (Å²) in [6.07, 6.45) is 2.18. The number of hydrogen-bond donors (Lipinski definition) is 3. The maximum absolute atomic E-state index is 11.8. The molecule has 2 rings (SSSR count). The summed E-state index contributed by atoms with van der Waals surface area (Å²) in [5.74, 6) is 5.71. The van der Waals surface area contributed by atoms with Crippen LogP contribution in [0.5, 0.6) is 0 Å². The number of hydrogen-bond acceptors (Lipinski definition) is 2. The molecule has 0 aliphatic heterocycles. The fourth-order valence-electron chi connectivity index (χ4n) is 1.73. The highest BCUT2D eigenvalue weighted by Gasteiger charge is 2.04. The highest BCUT2D eigenvalue weighted by molar-refractivity contribution is 5.92. The lowest BCUT2D eigenvalue weighted by Crippen LogP contribution is -2.23. The average molecular weight is 268 g/mol. The Hall–Kier alpha value is -2.51. The maximum atomic E-state index is 11.8. The van der Waals surface area contributed by atoms with E-state index >= 15 is 0 Å². The predicted octanol–water partition coefficient (Wildman–Crippen LogP) is 1.68. The summed E-state index contributed by atoms with van der Waals surface area (Å²) < 4.78 is 0. The van der Waals surface area contributed by atoms with Crippen molar-refractivity contribution >= 4 is 5.91 Å². The minimum absolute atomic E-state index is 0.0683. The average Bonchev–Trinajstić information content (AvgIpc) is 3.00. The zero-order chi connectivity index (χ0) is 14.2. The second kappa shape index (κ2) is 7.17. The van der Waals surface area contributed by atoms with Crippen molar-refractivity contribution in [2.24, 2.45) is 0 Å². The molecule has 4 nitrogen and oxygen atoms in total. The van der Waals surface area contributed by atoms with E-state index in [9.17, 15) is 4.79 Å². The minimum atomic E-state index is -0.133. The number of carbonyl (C=O) groups is 1. The molecule has 1 amide bonds. The normalized spacial score (nSPS) is 9.65. The van der Waals surface area contributed by atoms with Crippen molar-refractivity contribution in [3.05, 3.63) is 59.4 Å². The van der Waals surface area contributed by atoms with E-state index in [1.165, 1.54) is 0 Å². The van der Waals surface area contributed by atoms with Gasteiger partial charge in [-0.1, -0.05) is 24.0 Å². The first-order chi connectivity index (χ1) is 9.79. The fourth-order valence-corrected chi connectivity index (χ4v) is 1.73. The van der Waals surface area contributed by atoms with Gasteiger partial charge >= 0.3 is 0 Å². The smallest absolute Gasteiger partial charge is 0.267 e. The number of aliphatic hydroxyl groups excluding tert-OH is 1. The van der Waals surface area contributed by atoms with Crippen molar-refractivity contribution in [2.45, 2.75) is 13.0 Å². The third-order valence-corrected chi connectivity index (χ3v) is 2.69. The summed E-state index contributed by atoms with van der Waals surface area (Å²) in [6.45, 7) is 0.520. The van der Waals surface area contributed by atoms with E-state index < -0.39 is 0 Å². The van der Waals surface area contributed by atoms with Gasteiger partial charge in [-0.3, -0.25) is 4.79 Å². The Morgan fingerprint density at radius 3 is 2.95 bits per heavy atom. The number of nitrogens with one attached hydrogen (secondary N) is 2. The summed E-state index contributed by atoms with van der Waals surface area (Å²) in [5.41, 5.74) is 2.41. The molecule has 0 fully saturated rings. The number of aliphatic hydroxyl groups is 1. The standard InChI is InChI=1S/C16H16N2O2/c19-10-2-1-5-13-6-3-7-14(11-13)12-18-16(20)15-8-4-9-17-15/h3-4,6-9,11,17,19H,2,10,12H2,(H,18,20). The first kappa shape index (κ1) is 13.9. The molecule has 0 aliphatic rings. The SMILES string of the molecule is O=C(NCc1cccc(C#CCCO)c1)c1ccc[nH]1. The molecule has 4 heteroatoms. The third kappa shape index (κ3) is 4.01. The number of amides is 1. The van der Waals surface area contributed by atoms with Crippen LogP contribution in [0.1, 0.15) is 28.0 Å². The van der Waals surface area contributed by atoms with E-state index in [2.05, 4.69) is 22.1 Å². The molecule has 0 saturated heterocycles. The van der Waals surface area contributed by atoms with E-state index in [1.807, 2.05) is 24.3 Å². The molecular weight excluding hydrogens is 252 g/mol. The van der Waals surface area contributed by atoms with Gasteiger partial charge in [0.1, 0.15) is 5.69 Å². The lowest BCUT2D eigenvalue weighted by Gasteiger charge is -2.04. The summed E-state index contributed by atoms with van der Waals surface area (Å²) in [6, 6.07) is 11.2. The van der Waals surface area contributed by atoms with Crippen LogP contribution in [0.15, 0.2) is 42.6 Å². The first-order valence-corrected chi connectivity index (χ1v) is 6.40. The van der Waals surface area contributed by atoms with Gasteiger partial charge < -0.3 is 15.4 Å². The molecule has 0 spiro atoms. The van der Waals surface area contributed by atoms with Crippen molar-refractivity contribution < 1.29 is 9.90 Å². The van der Waals surface area contributed by atoms with Gasteiger partial charge in [0.2, 0.25) is 0 Å². The van der Waals surface area contributed by atoms with E-state index in [4.69, 9.17) is 5.11 Å². The van der Waals surface area contributed by atoms with Crippen LogP contribution < -0.4 is 5.32 Å². The molecule has 0 radical (unpaired) electrons. The quantitative estimate of drug-likeness (QED) is 0.739. The Labute approximate surface area is 117 Å². The number of H-pyrrole nitrogens is 1. The molecule has 1 aromatic heterocycles. The van der Waals surface area contributed by atoms with E-state index in [0.717, 1.165) is 11.1 Å². The lowest BCUT2D eigenvalue weighted by molar-refractivity contribution is 0.0946. The van der Waals surface area contributed by atoms with Gasteiger partial charge in [0.05, 0.1) is 6.61 Å². The molecule has 0 bridgehead atoms. The molecule has 102 valence electrons. The Balaban J connectivity index is 1.95. The zero-order valence-electron chi connectivity index (χ0n) is 11.0. The highest BCUT2D eigenvalue weighted by atomic mass is 16.2. The molecule has 1 heterocycles. The molecule has 0 unspecified atom stereocenters.